The van der Waals surface area contributed by atoms with E-state index in [0.717, 1.165) is 31.0 Å². The predicted octanol–water partition coefficient (Wildman–Crippen LogP) is 1.84. The molecule has 1 aromatic rings. The van der Waals surface area contributed by atoms with Gasteiger partial charge in [-0.05, 0) is 24.6 Å². The van der Waals surface area contributed by atoms with Crippen LogP contribution in [0.4, 0.5) is 0 Å². The highest BCUT2D eigenvalue weighted by Crippen LogP contribution is 2.12. The van der Waals surface area contributed by atoms with Gasteiger partial charge in [0.2, 0.25) is 0 Å². The summed E-state index contributed by atoms with van der Waals surface area (Å²) in [5, 5.41) is 3.27. The van der Waals surface area contributed by atoms with Crippen molar-refractivity contribution in [1.82, 2.24) is 5.32 Å². The third-order valence-electron chi connectivity index (χ3n) is 2.61. The predicted molar refractivity (Wildman–Crippen MR) is 72.0 cm³/mol. The third kappa shape index (κ3) is 6.00. The first-order chi connectivity index (χ1) is 8.76. The second-order valence-corrected chi connectivity index (χ2v) is 4.17. The lowest BCUT2D eigenvalue weighted by atomic mass is 10.2. The summed E-state index contributed by atoms with van der Waals surface area (Å²) in [7, 11) is 3.37. The Morgan fingerprint density at radius 1 is 1.17 bits per heavy atom. The number of benzene rings is 1. The van der Waals surface area contributed by atoms with Gasteiger partial charge in [0.05, 0.1) is 26.4 Å². The molecule has 0 bridgehead atoms. The summed E-state index contributed by atoms with van der Waals surface area (Å²) in [6.45, 7) is 5.10. The molecule has 0 saturated heterocycles. The smallest absolute Gasteiger partial charge is 0.118 e. The summed E-state index contributed by atoms with van der Waals surface area (Å²) in [4.78, 5) is 0. The fourth-order valence-corrected chi connectivity index (χ4v) is 1.50. The van der Waals surface area contributed by atoms with Gasteiger partial charge < -0.3 is 19.5 Å². The molecule has 0 aliphatic rings. The van der Waals surface area contributed by atoms with E-state index >= 15 is 0 Å². The summed E-state index contributed by atoms with van der Waals surface area (Å²) in [6, 6.07) is 7.92. The highest BCUT2D eigenvalue weighted by atomic mass is 16.5. The minimum atomic E-state index is 0.184. The fraction of sp³-hybridized carbons (Fsp3) is 0.571. The van der Waals surface area contributed by atoms with Gasteiger partial charge in [0.25, 0.3) is 0 Å². The minimum absolute atomic E-state index is 0.184. The maximum absolute atomic E-state index is 5.74. The van der Waals surface area contributed by atoms with E-state index in [9.17, 15) is 0 Å². The SMILES string of the molecule is COCCNCC(C)OCc1ccc(OC)cc1. The molecule has 1 unspecified atom stereocenters. The Hall–Kier alpha value is -1.10. The van der Waals surface area contributed by atoms with Crippen molar-refractivity contribution in [3.8, 4) is 5.75 Å². The van der Waals surface area contributed by atoms with Crippen LogP contribution in [0.3, 0.4) is 0 Å². The van der Waals surface area contributed by atoms with E-state index in [4.69, 9.17) is 14.2 Å². The van der Waals surface area contributed by atoms with Gasteiger partial charge in [0, 0.05) is 20.2 Å². The van der Waals surface area contributed by atoms with Gasteiger partial charge in [0.1, 0.15) is 5.75 Å². The zero-order valence-electron chi connectivity index (χ0n) is 11.4. The molecule has 0 aromatic heterocycles. The molecule has 1 atom stereocenters. The van der Waals surface area contributed by atoms with Crippen LogP contribution in [0, 0.1) is 0 Å². The van der Waals surface area contributed by atoms with E-state index in [1.807, 2.05) is 24.3 Å². The van der Waals surface area contributed by atoms with Gasteiger partial charge in [-0.15, -0.1) is 0 Å². The molecule has 0 radical (unpaired) electrons. The molecule has 0 aliphatic heterocycles. The molecule has 1 N–H and O–H groups in total. The van der Waals surface area contributed by atoms with E-state index in [-0.39, 0.29) is 6.10 Å². The molecule has 0 heterocycles. The normalized spacial score (nSPS) is 12.4. The van der Waals surface area contributed by atoms with Crippen molar-refractivity contribution >= 4 is 0 Å². The monoisotopic (exact) mass is 253 g/mol. The average Bonchev–Trinajstić information content (AvgIpc) is 2.42. The minimum Gasteiger partial charge on any atom is -0.497 e. The lowest BCUT2D eigenvalue weighted by molar-refractivity contribution is 0.0520. The lowest BCUT2D eigenvalue weighted by Crippen LogP contribution is -2.29. The topological polar surface area (TPSA) is 39.7 Å². The molecule has 0 amide bonds. The molecule has 0 saturated carbocycles. The van der Waals surface area contributed by atoms with Crippen LogP contribution in [0.5, 0.6) is 5.75 Å². The van der Waals surface area contributed by atoms with Crippen molar-refractivity contribution in [2.45, 2.75) is 19.6 Å². The van der Waals surface area contributed by atoms with E-state index < -0.39 is 0 Å². The summed E-state index contributed by atoms with van der Waals surface area (Å²) < 4.78 is 15.8. The summed E-state index contributed by atoms with van der Waals surface area (Å²) in [5.74, 6) is 0.869. The first-order valence-electron chi connectivity index (χ1n) is 6.20. The van der Waals surface area contributed by atoms with Crippen LogP contribution in [-0.4, -0.2) is 40.0 Å². The molecule has 4 heteroatoms. The Balaban J connectivity index is 2.18. The van der Waals surface area contributed by atoms with E-state index in [0.29, 0.717) is 6.61 Å². The molecular formula is C14H23NO3. The van der Waals surface area contributed by atoms with Crippen molar-refractivity contribution < 1.29 is 14.2 Å². The van der Waals surface area contributed by atoms with Crippen LogP contribution in [0.25, 0.3) is 0 Å². The van der Waals surface area contributed by atoms with Crippen LogP contribution >= 0.6 is 0 Å². The molecule has 0 spiro atoms. The molecule has 18 heavy (non-hydrogen) atoms. The number of rotatable bonds is 9. The van der Waals surface area contributed by atoms with Gasteiger partial charge in [-0.1, -0.05) is 12.1 Å². The molecule has 1 aromatic carbocycles. The maximum atomic E-state index is 5.74. The van der Waals surface area contributed by atoms with Gasteiger partial charge in [-0.25, -0.2) is 0 Å². The van der Waals surface area contributed by atoms with Crippen molar-refractivity contribution in [2.75, 3.05) is 33.9 Å². The Bertz CT molecular complexity index is 313. The van der Waals surface area contributed by atoms with Crippen molar-refractivity contribution in [2.24, 2.45) is 0 Å². The quantitative estimate of drug-likeness (QED) is 0.682. The lowest BCUT2D eigenvalue weighted by Gasteiger charge is -2.14. The standard InChI is InChI=1S/C14H23NO3/c1-12(10-15-8-9-16-2)18-11-13-4-6-14(17-3)7-5-13/h4-7,12,15H,8-11H2,1-3H3. The Labute approximate surface area is 109 Å². The van der Waals surface area contributed by atoms with Crippen LogP contribution in [0.15, 0.2) is 24.3 Å². The largest absolute Gasteiger partial charge is 0.497 e. The van der Waals surface area contributed by atoms with E-state index in [1.165, 1.54) is 0 Å². The summed E-state index contributed by atoms with van der Waals surface area (Å²) in [5.41, 5.74) is 1.15. The molecule has 0 aliphatic carbocycles. The van der Waals surface area contributed by atoms with Gasteiger partial charge in [-0.3, -0.25) is 0 Å². The Kier molecular flexibility index (Phi) is 7.41. The first-order valence-corrected chi connectivity index (χ1v) is 6.20. The first kappa shape index (κ1) is 15.0. The van der Waals surface area contributed by atoms with E-state index in [2.05, 4.69) is 12.2 Å². The highest BCUT2D eigenvalue weighted by molar-refractivity contribution is 5.26. The molecule has 0 fully saturated rings. The number of methoxy groups -OCH3 is 2. The van der Waals surface area contributed by atoms with Gasteiger partial charge in [0.15, 0.2) is 0 Å². The van der Waals surface area contributed by atoms with Gasteiger partial charge >= 0.3 is 0 Å². The fourth-order valence-electron chi connectivity index (χ4n) is 1.50. The van der Waals surface area contributed by atoms with Crippen molar-refractivity contribution in [3.05, 3.63) is 29.8 Å². The summed E-state index contributed by atoms with van der Waals surface area (Å²) >= 11 is 0. The number of hydrogen-bond donors (Lipinski definition) is 1. The number of ether oxygens (including phenoxy) is 3. The zero-order valence-corrected chi connectivity index (χ0v) is 11.4. The van der Waals surface area contributed by atoms with Crippen LogP contribution in [0.2, 0.25) is 0 Å². The van der Waals surface area contributed by atoms with Crippen molar-refractivity contribution in [3.63, 3.8) is 0 Å². The number of nitrogens with one attached hydrogen (secondary N) is 1. The second kappa shape index (κ2) is 8.91. The maximum Gasteiger partial charge on any atom is 0.118 e. The molecule has 4 nitrogen and oxygen atoms in total. The second-order valence-electron chi connectivity index (χ2n) is 4.17. The highest BCUT2D eigenvalue weighted by Gasteiger charge is 2.02. The Morgan fingerprint density at radius 3 is 2.50 bits per heavy atom. The third-order valence-corrected chi connectivity index (χ3v) is 2.61. The van der Waals surface area contributed by atoms with Crippen LogP contribution in [0.1, 0.15) is 12.5 Å². The van der Waals surface area contributed by atoms with Gasteiger partial charge in [-0.2, -0.15) is 0 Å². The summed E-state index contributed by atoms with van der Waals surface area (Å²) in [6.07, 6.45) is 0.184. The zero-order chi connectivity index (χ0) is 13.2. The average molecular weight is 253 g/mol. The van der Waals surface area contributed by atoms with Crippen LogP contribution < -0.4 is 10.1 Å². The van der Waals surface area contributed by atoms with Crippen LogP contribution in [-0.2, 0) is 16.1 Å². The number of hydrogen-bond acceptors (Lipinski definition) is 4. The van der Waals surface area contributed by atoms with E-state index in [1.54, 1.807) is 14.2 Å². The molecule has 102 valence electrons. The molecular weight excluding hydrogens is 230 g/mol. The van der Waals surface area contributed by atoms with Crippen molar-refractivity contribution in [1.29, 1.82) is 0 Å². The Morgan fingerprint density at radius 2 is 1.89 bits per heavy atom. The molecule has 1 rings (SSSR count).